The average molecular weight is 584 g/mol. The van der Waals surface area contributed by atoms with Crippen LogP contribution in [-0.4, -0.2) is 77.8 Å². The molecule has 1 aromatic carbocycles. The van der Waals surface area contributed by atoms with Gasteiger partial charge in [-0.05, 0) is 66.9 Å². The predicted octanol–water partition coefficient (Wildman–Crippen LogP) is 3.92. The average Bonchev–Trinajstić information content (AvgIpc) is 3.37. The van der Waals surface area contributed by atoms with Crippen molar-refractivity contribution in [2.45, 2.75) is 32.7 Å². The van der Waals surface area contributed by atoms with Crippen LogP contribution in [0.15, 0.2) is 46.2 Å². The standard InChI is InChI=1S/C27H35BrN8O2/c1-16(29)21(17(2)30-3)14-36-11-9-19(10-12-36)33-24-22(28)13-32-27-25(24)34-26(35-27)18-5-7-20(8-6-18)38-15-23(37)31-4/h5-8,13,19,29-30H,9-12,14-15H2,1-4H3,(H,31,37)(H2,32,33,34,35)/b21-17-,29-16?. The number of nitrogens with one attached hydrogen (secondary N) is 5. The first-order valence-electron chi connectivity index (χ1n) is 12.7. The monoisotopic (exact) mass is 582 g/mol. The van der Waals surface area contributed by atoms with E-state index in [9.17, 15) is 4.79 Å². The molecule has 0 spiro atoms. The van der Waals surface area contributed by atoms with Gasteiger partial charge in [0.15, 0.2) is 12.3 Å². The third kappa shape index (κ3) is 6.51. The van der Waals surface area contributed by atoms with Crippen LogP contribution in [0.4, 0.5) is 5.69 Å². The molecule has 202 valence electrons. The van der Waals surface area contributed by atoms with Gasteiger partial charge in [-0.2, -0.15) is 0 Å². The molecule has 38 heavy (non-hydrogen) atoms. The molecule has 1 aliphatic heterocycles. The molecule has 3 aromatic rings. The van der Waals surface area contributed by atoms with Gasteiger partial charge < -0.3 is 31.1 Å². The zero-order valence-corrected chi connectivity index (χ0v) is 23.8. The Labute approximate surface area is 231 Å². The number of aromatic nitrogens is 3. The van der Waals surface area contributed by atoms with Crippen LogP contribution in [-0.2, 0) is 4.79 Å². The zero-order valence-electron chi connectivity index (χ0n) is 22.2. The minimum Gasteiger partial charge on any atom is -0.484 e. The molecule has 0 unspecified atom stereocenters. The molecule has 3 heterocycles. The highest BCUT2D eigenvalue weighted by Gasteiger charge is 2.23. The van der Waals surface area contributed by atoms with E-state index in [2.05, 4.69) is 46.7 Å². The molecule has 1 aliphatic rings. The fraction of sp³-hybridized carbons (Fsp3) is 0.407. The van der Waals surface area contributed by atoms with Crippen LogP contribution in [0.2, 0.25) is 0 Å². The fourth-order valence-electron chi connectivity index (χ4n) is 4.47. The molecule has 5 N–H and O–H groups in total. The second-order valence-electron chi connectivity index (χ2n) is 9.42. The number of hydrogen-bond acceptors (Lipinski definition) is 8. The van der Waals surface area contributed by atoms with Crippen molar-refractivity contribution in [3.05, 3.63) is 46.2 Å². The number of carbonyl (C=O) groups excluding carboxylic acids is 1. The first kappa shape index (κ1) is 27.6. The van der Waals surface area contributed by atoms with Crippen molar-refractivity contribution in [3.8, 4) is 17.1 Å². The number of ether oxygens (including phenoxy) is 1. The van der Waals surface area contributed by atoms with E-state index in [0.717, 1.165) is 65.0 Å². The van der Waals surface area contributed by atoms with Crippen molar-refractivity contribution < 1.29 is 9.53 Å². The summed E-state index contributed by atoms with van der Waals surface area (Å²) in [5, 5.41) is 17.6. The summed E-state index contributed by atoms with van der Waals surface area (Å²) in [5.41, 5.74) is 6.05. The largest absolute Gasteiger partial charge is 0.484 e. The Hall–Kier alpha value is -3.44. The van der Waals surface area contributed by atoms with E-state index in [1.54, 1.807) is 13.2 Å². The topological polar surface area (TPSA) is 131 Å². The number of hydrogen-bond donors (Lipinski definition) is 5. The molecule has 11 heteroatoms. The third-order valence-corrected chi connectivity index (χ3v) is 7.44. The molecule has 1 fully saturated rings. The molecular weight excluding hydrogens is 548 g/mol. The molecule has 0 aliphatic carbocycles. The number of rotatable bonds is 10. The Balaban J connectivity index is 1.44. The van der Waals surface area contributed by atoms with Gasteiger partial charge in [0, 0.05) is 68.5 Å². The molecule has 0 radical (unpaired) electrons. The minimum atomic E-state index is -0.180. The van der Waals surface area contributed by atoms with E-state index >= 15 is 0 Å². The summed E-state index contributed by atoms with van der Waals surface area (Å²) in [6, 6.07) is 7.76. The molecule has 0 saturated carbocycles. The third-order valence-electron chi connectivity index (χ3n) is 6.84. The summed E-state index contributed by atoms with van der Waals surface area (Å²) in [6.45, 7) is 6.55. The number of likely N-dealkylation sites (tertiary alicyclic amines) is 1. The second kappa shape index (κ2) is 12.4. The van der Waals surface area contributed by atoms with Crippen molar-refractivity contribution in [1.29, 1.82) is 5.41 Å². The first-order valence-corrected chi connectivity index (χ1v) is 13.5. The Kier molecular flexibility index (Phi) is 9.01. The number of anilines is 1. The predicted molar refractivity (Wildman–Crippen MR) is 155 cm³/mol. The number of piperidine rings is 1. The lowest BCUT2D eigenvalue weighted by Crippen LogP contribution is -2.41. The number of pyridine rings is 1. The van der Waals surface area contributed by atoms with Gasteiger partial charge in [0.2, 0.25) is 0 Å². The van der Waals surface area contributed by atoms with Crippen molar-refractivity contribution in [2.75, 3.05) is 45.7 Å². The number of carbonyl (C=O) groups is 1. The summed E-state index contributed by atoms with van der Waals surface area (Å²) in [5.74, 6) is 1.14. The van der Waals surface area contributed by atoms with Crippen molar-refractivity contribution in [2.24, 2.45) is 0 Å². The number of allylic oxidation sites excluding steroid dienone is 1. The van der Waals surface area contributed by atoms with Gasteiger partial charge in [-0.25, -0.2) is 9.97 Å². The first-order chi connectivity index (χ1) is 18.3. The van der Waals surface area contributed by atoms with Crippen molar-refractivity contribution in [1.82, 2.24) is 30.5 Å². The number of amides is 1. The minimum absolute atomic E-state index is 0.0256. The van der Waals surface area contributed by atoms with E-state index in [1.165, 1.54) is 0 Å². The van der Waals surface area contributed by atoms with E-state index in [-0.39, 0.29) is 12.5 Å². The van der Waals surface area contributed by atoms with Gasteiger partial charge in [-0.3, -0.25) is 9.69 Å². The number of H-pyrrole nitrogens is 1. The second-order valence-corrected chi connectivity index (χ2v) is 10.3. The maximum Gasteiger partial charge on any atom is 0.257 e. The molecule has 10 nitrogen and oxygen atoms in total. The number of aromatic amines is 1. The van der Waals surface area contributed by atoms with Crippen LogP contribution in [0.3, 0.4) is 0 Å². The van der Waals surface area contributed by atoms with E-state index in [1.807, 2.05) is 45.2 Å². The van der Waals surface area contributed by atoms with E-state index in [0.29, 0.717) is 29.0 Å². The fourth-order valence-corrected chi connectivity index (χ4v) is 4.87. The highest BCUT2D eigenvalue weighted by atomic mass is 79.9. The van der Waals surface area contributed by atoms with Crippen LogP contribution in [0, 0.1) is 5.41 Å². The molecule has 0 bridgehead atoms. The normalized spacial score (nSPS) is 15.2. The molecule has 1 amide bonds. The molecule has 0 atom stereocenters. The van der Waals surface area contributed by atoms with Gasteiger partial charge in [0.05, 0.1) is 10.2 Å². The van der Waals surface area contributed by atoms with Gasteiger partial charge >= 0.3 is 0 Å². The highest BCUT2D eigenvalue weighted by molar-refractivity contribution is 9.10. The smallest absolute Gasteiger partial charge is 0.257 e. The summed E-state index contributed by atoms with van der Waals surface area (Å²) < 4.78 is 6.37. The van der Waals surface area contributed by atoms with Crippen molar-refractivity contribution >= 4 is 44.4 Å². The maximum absolute atomic E-state index is 11.4. The van der Waals surface area contributed by atoms with Gasteiger partial charge in [0.25, 0.3) is 5.91 Å². The van der Waals surface area contributed by atoms with E-state index in [4.69, 9.17) is 15.1 Å². The lowest BCUT2D eigenvalue weighted by molar-refractivity contribution is -0.122. The lowest BCUT2D eigenvalue weighted by Gasteiger charge is -2.33. The maximum atomic E-state index is 11.4. The van der Waals surface area contributed by atoms with Crippen LogP contribution in [0.5, 0.6) is 5.75 Å². The van der Waals surface area contributed by atoms with Crippen LogP contribution in [0.25, 0.3) is 22.6 Å². The Morgan fingerprint density at radius 2 is 1.89 bits per heavy atom. The SMILES string of the molecule is CNC(=O)COc1ccc(-c2nc3c(NC4CCN(C/C(C(C)=N)=C(\C)NC)CC4)c(Br)cnc3[nH]2)cc1. The number of fused-ring (bicyclic) bond motifs is 1. The van der Waals surface area contributed by atoms with Crippen LogP contribution < -0.4 is 20.7 Å². The molecule has 1 saturated heterocycles. The molecule has 2 aromatic heterocycles. The summed E-state index contributed by atoms with van der Waals surface area (Å²) in [4.78, 5) is 26.5. The van der Waals surface area contributed by atoms with Crippen LogP contribution in [0.1, 0.15) is 26.7 Å². The number of benzene rings is 1. The van der Waals surface area contributed by atoms with Gasteiger partial charge in [-0.1, -0.05) is 0 Å². The van der Waals surface area contributed by atoms with E-state index < -0.39 is 0 Å². The number of likely N-dealkylation sites (N-methyl/N-ethyl adjacent to an activating group) is 1. The van der Waals surface area contributed by atoms with Gasteiger partial charge in [0.1, 0.15) is 17.1 Å². The summed E-state index contributed by atoms with van der Waals surface area (Å²) in [6.07, 6.45) is 3.78. The highest BCUT2D eigenvalue weighted by Crippen LogP contribution is 2.33. The Morgan fingerprint density at radius 1 is 1.18 bits per heavy atom. The Bertz CT molecular complexity index is 1330. The Morgan fingerprint density at radius 3 is 2.53 bits per heavy atom. The van der Waals surface area contributed by atoms with Gasteiger partial charge in [-0.15, -0.1) is 0 Å². The number of imidazole rings is 1. The number of nitrogens with zero attached hydrogens (tertiary/aromatic N) is 3. The quantitative estimate of drug-likeness (QED) is 0.229. The summed E-state index contributed by atoms with van der Waals surface area (Å²) in [7, 11) is 3.48. The summed E-state index contributed by atoms with van der Waals surface area (Å²) >= 11 is 3.66. The number of halogens is 1. The van der Waals surface area contributed by atoms with Crippen molar-refractivity contribution in [3.63, 3.8) is 0 Å². The molecule has 4 rings (SSSR count). The molecular formula is C27H35BrN8O2. The lowest BCUT2D eigenvalue weighted by atomic mass is 10.0. The zero-order chi connectivity index (χ0) is 27.2. The van der Waals surface area contributed by atoms with Crippen LogP contribution >= 0.6 is 15.9 Å².